The second-order valence-electron chi connectivity index (χ2n) is 7.12. The number of carbonyl (C=O) groups excluding carboxylic acids is 1. The van der Waals surface area contributed by atoms with Crippen LogP contribution in [-0.2, 0) is 11.8 Å². The van der Waals surface area contributed by atoms with Gasteiger partial charge in [-0.1, -0.05) is 0 Å². The van der Waals surface area contributed by atoms with Crippen LogP contribution in [0.5, 0.6) is 5.75 Å². The van der Waals surface area contributed by atoms with Crippen LogP contribution in [0.1, 0.15) is 30.7 Å². The third-order valence-corrected chi connectivity index (χ3v) is 5.25. The maximum atomic E-state index is 14.2. The van der Waals surface area contributed by atoms with Crippen LogP contribution in [0.4, 0.5) is 10.1 Å². The molecule has 0 spiro atoms. The topological polar surface area (TPSA) is 68.2 Å². The number of aryl methyl sites for hydroxylation is 1. The summed E-state index contributed by atoms with van der Waals surface area (Å²) in [5.41, 5.74) is 1.48. The van der Waals surface area contributed by atoms with Crippen molar-refractivity contribution in [3.05, 3.63) is 42.0 Å². The lowest BCUT2D eigenvalue weighted by atomic mass is 9.90. The fourth-order valence-corrected chi connectivity index (χ4v) is 3.51. The molecule has 1 saturated carbocycles. The number of amides is 1. The quantitative estimate of drug-likeness (QED) is 0.818. The minimum absolute atomic E-state index is 0. The van der Waals surface area contributed by atoms with Crippen LogP contribution in [0.25, 0.3) is 0 Å². The van der Waals surface area contributed by atoms with E-state index in [2.05, 4.69) is 15.7 Å². The number of aromatic nitrogens is 2. The Morgan fingerprint density at radius 3 is 2.81 bits per heavy atom. The minimum atomic E-state index is -0.442. The largest absolute Gasteiger partial charge is 0.487 e. The lowest BCUT2D eigenvalue weighted by molar-refractivity contribution is -0.119. The van der Waals surface area contributed by atoms with Crippen molar-refractivity contribution >= 4 is 24.0 Å². The molecule has 1 aliphatic heterocycles. The van der Waals surface area contributed by atoms with Crippen molar-refractivity contribution in [1.82, 2.24) is 15.1 Å². The molecule has 2 atom stereocenters. The number of rotatable bonds is 5. The number of hydrogen-bond donors (Lipinski definition) is 2. The highest BCUT2D eigenvalue weighted by molar-refractivity contribution is 5.93. The van der Waals surface area contributed by atoms with Gasteiger partial charge in [-0.15, -0.1) is 12.4 Å². The Bertz CT molecular complexity index is 809. The summed E-state index contributed by atoms with van der Waals surface area (Å²) in [4.78, 5) is 12.7. The van der Waals surface area contributed by atoms with Crippen molar-refractivity contribution in [2.45, 2.75) is 31.3 Å². The minimum Gasteiger partial charge on any atom is -0.487 e. The monoisotopic (exact) mass is 394 g/mol. The fraction of sp³-hybridized carbons (Fsp3) is 0.474. The van der Waals surface area contributed by atoms with E-state index >= 15 is 0 Å². The molecule has 8 heteroatoms. The zero-order valence-corrected chi connectivity index (χ0v) is 16.0. The first kappa shape index (κ1) is 19.6. The Balaban J connectivity index is 0.00000210. The average molecular weight is 395 g/mol. The number of anilines is 1. The van der Waals surface area contributed by atoms with Gasteiger partial charge in [-0.3, -0.25) is 9.48 Å². The number of ether oxygens (including phenoxy) is 1. The standard InChI is InChI=1S/C19H23FN4O2.ClH/c1-24-11-12(8-22-24)15-9-21-10-16(15)19(25)23-13-5-6-18(17(20)7-13)26-14-3-2-4-14;/h5-8,11,14-16,21H,2-4,9-10H2,1H3,(H,23,25);1H/t15-,16+;/m1./s1. The molecule has 1 aromatic carbocycles. The van der Waals surface area contributed by atoms with E-state index in [0.29, 0.717) is 12.2 Å². The van der Waals surface area contributed by atoms with Gasteiger partial charge in [0, 0.05) is 44.0 Å². The Labute approximate surface area is 163 Å². The van der Waals surface area contributed by atoms with Crippen LogP contribution >= 0.6 is 12.4 Å². The molecule has 2 fully saturated rings. The second-order valence-corrected chi connectivity index (χ2v) is 7.12. The highest BCUT2D eigenvalue weighted by Crippen LogP contribution is 2.31. The number of nitrogens with one attached hydrogen (secondary N) is 2. The molecule has 1 amide bonds. The number of carbonyl (C=O) groups is 1. The normalized spacial score (nSPS) is 22.0. The molecule has 2 aliphatic rings. The third kappa shape index (κ3) is 4.25. The Hall–Kier alpha value is -2.12. The molecule has 6 nitrogen and oxygen atoms in total. The Kier molecular flexibility index (Phi) is 6.01. The van der Waals surface area contributed by atoms with E-state index in [1.54, 1.807) is 23.0 Å². The highest BCUT2D eigenvalue weighted by Gasteiger charge is 2.34. The maximum Gasteiger partial charge on any atom is 0.229 e. The first-order valence-corrected chi connectivity index (χ1v) is 9.06. The van der Waals surface area contributed by atoms with E-state index in [4.69, 9.17) is 4.74 Å². The van der Waals surface area contributed by atoms with Crippen LogP contribution in [0.2, 0.25) is 0 Å². The zero-order valence-electron chi connectivity index (χ0n) is 15.2. The van der Waals surface area contributed by atoms with Crippen molar-refractivity contribution in [3.8, 4) is 5.75 Å². The summed E-state index contributed by atoms with van der Waals surface area (Å²) in [5.74, 6) is -0.453. The molecule has 2 N–H and O–H groups in total. The molecule has 0 bridgehead atoms. The van der Waals surface area contributed by atoms with Crippen molar-refractivity contribution in [2.24, 2.45) is 13.0 Å². The molecule has 27 heavy (non-hydrogen) atoms. The van der Waals surface area contributed by atoms with Gasteiger partial charge in [0.1, 0.15) is 0 Å². The highest BCUT2D eigenvalue weighted by atomic mass is 35.5. The van der Waals surface area contributed by atoms with Gasteiger partial charge < -0.3 is 15.4 Å². The first-order valence-electron chi connectivity index (χ1n) is 9.06. The summed E-state index contributed by atoms with van der Waals surface area (Å²) in [5, 5.41) is 10.3. The number of nitrogens with zero attached hydrogens (tertiary/aromatic N) is 2. The van der Waals surface area contributed by atoms with Gasteiger partial charge in [0.2, 0.25) is 5.91 Å². The van der Waals surface area contributed by atoms with Gasteiger partial charge in [0.25, 0.3) is 0 Å². The van der Waals surface area contributed by atoms with Crippen LogP contribution in [0.15, 0.2) is 30.6 Å². The van der Waals surface area contributed by atoms with E-state index in [1.807, 2.05) is 13.2 Å². The Morgan fingerprint density at radius 2 is 2.19 bits per heavy atom. The van der Waals surface area contributed by atoms with Gasteiger partial charge in [-0.25, -0.2) is 4.39 Å². The molecule has 2 heterocycles. The molecular formula is C19H24ClFN4O2. The van der Waals surface area contributed by atoms with Gasteiger partial charge in [-0.2, -0.15) is 5.10 Å². The van der Waals surface area contributed by atoms with Crippen LogP contribution < -0.4 is 15.4 Å². The fourth-order valence-electron chi connectivity index (χ4n) is 3.51. The van der Waals surface area contributed by atoms with Crippen molar-refractivity contribution in [1.29, 1.82) is 0 Å². The predicted octanol–water partition coefficient (Wildman–Crippen LogP) is 2.85. The molecule has 0 radical (unpaired) electrons. The predicted molar refractivity (Wildman–Crippen MR) is 103 cm³/mol. The molecule has 2 aromatic rings. The third-order valence-electron chi connectivity index (χ3n) is 5.25. The summed E-state index contributed by atoms with van der Waals surface area (Å²) in [6, 6.07) is 4.61. The summed E-state index contributed by atoms with van der Waals surface area (Å²) in [7, 11) is 1.86. The van der Waals surface area contributed by atoms with Crippen molar-refractivity contribution in [3.63, 3.8) is 0 Å². The molecule has 146 valence electrons. The van der Waals surface area contributed by atoms with Crippen molar-refractivity contribution in [2.75, 3.05) is 18.4 Å². The number of benzene rings is 1. The van der Waals surface area contributed by atoms with Crippen LogP contribution in [0, 0.1) is 11.7 Å². The maximum absolute atomic E-state index is 14.2. The average Bonchev–Trinajstić information content (AvgIpc) is 3.21. The van der Waals surface area contributed by atoms with Gasteiger partial charge >= 0.3 is 0 Å². The zero-order chi connectivity index (χ0) is 18.1. The van der Waals surface area contributed by atoms with Gasteiger partial charge in [0.05, 0.1) is 18.2 Å². The summed E-state index contributed by atoms with van der Waals surface area (Å²) in [6.45, 7) is 1.32. The summed E-state index contributed by atoms with van der Waals surface area (Å²) < 4.78 is 21.6. The van der Waals surface area contributed by atoms with E-state index in [0.717, 1.165) is 31.4 Å². The van der Waals surface area contributed by atoms with Gasteiger partial charge in [0.15, 0.2) is 11.6 Å². The SMILES string of the molecule is Cl.Cn1cc([C@H]2CNC[C@@H]2C(=O)Nc2ccc(OC3CCC3)c(F)c2)cn1. The van der Waals surface area contributed by atoms with Crippen LogP contribution in [0.3, 0.4) is 0 Å². The van der Waals surface area contributed by atoms with E-state index < -0.39 is 5.82 Å². The summed E-state index contributed by atoms with van der Waals surface area (Å²) >= 11 is 0. The smallest absolute Gasteiger partial charge is 0.229 e. The van der Waals surface area contributed by atoms with Crippen molar-refractivity contribution < 1.29 is 13.9 Å². The van der Waals surface area contributed by atoms with Crippen LogP contribution in [-0.4, -0.2) is 34.9 Å². The molecule has 1 aromatic heterocycles. The molecule has 4 rings (SSSR count). The van der Waals surface area contributed by atoms with E-state index in [1.165, 1.54) is 6.07 Å². The van der Waals surface area contributed by atoms with E-state index in [-0.39, 0.29) is 42.0 Å². The molecule has 1 saturated heterocycles. The lowest BCUT2D eigenvalue weighted by Crippen LogP contribution is -2.28. The number of hydrogen-bond acceptors (Lipinski definition) is 4. The lowest BCUT2D eigenvalue weighted by Gasteiger charge is -2.26. The first-order chi connectivity index (χ1) is 12.6. The van der Waals surface area contributed by atoms with E-state index in [9.17, 15) is 9.18 Å². The second kappa shape index (κ2) is 8.27. The summed E-state index contributed by atoms with van der Waals surface area (Å²) in [6.07, 6.45) is 6.93. The molecular weight excluding hydrogens is 371 g/mol. The Morgan fingerprint density at radius 1 is 1.37 bits per heavy atom. The van der Waals surface area contributed by atoms with Gasteiger partial charge in [-0.05, 0) is 37.0 Å². The molecule has 1 aliphatic carbocycles. The molecule has 0 unspecified atom stereocenters. The number of halogens is 2.